The van der Waals surface area contributed by atoms with Gasteiger partial charge in [0, 0.05) is 12.6 Å². The first kappa shape index (κ1) is 14.1. The van der Waals surface area contributed by atoms with Crippen LogP contribution in [0, 0.1) is 5.92 Å². The fourth-order valence-corrected chi connectivity index (χ4v) is 3.37. The largest absolute Gasteiger partial charge is 0.467 e. The second-order valence-electron chi connectivity index (χ2n) is 5.41. The van der Waals surface area contributed by atoms with Gasteiger partial charge in [-0.3, -0.25) is 4.79 Å². The number of benzene rings is 1. The van der Waals surface area contributed by atoms with Crippen LogP contribution >= 0.6 is 12.2 Å². The molecule has 0 radical (unpaired) electrons. The molecule has 0 aromatic heterocycles. The third kappa shape index (κ3) is 1.97. The van der Waals surface area contributed by atoms with Crippen molar-refractivity contribution in [2.24, 2.45) is 5.92 Å². The third-order valence-electron chi connectivity index (χ3n) is 4.27. The van der Waals surface area contributed by atoms with Gasteiger partial charge in [0.05, 0.1) is 12.6 Å². The number of hydrogen-bond donors (Lipinski definition) is 1. The van der Waals surface area contributed by atoms with Crippen molar-refractivity contribution in [2.45, 2.75) is 25.6 Å². The standard InChI is InChI=1S/C15H18N2O3S/c1-4-19-13(18)11-12-9-7-5-6-8-10(9)20-15(11,2)17(3)14(21)16-12/h5-8,11-12H,4H2,1-3H3,(H,16,21). The maximum absolute atomic E-state index is 12.5. The van der Waals surface area contributed by atoms with Crippen molar-refractivity contribution < 1.29 is 14.3 Å². The van der Waals surface area contributed by atoms with Crippen molar-refractivity contribution in [1.82, 2.24) is 10.2 Å². The molecule has 2 heterocycles. The highest BCUT2D eigenvalue weighted by Gasteiger charge is 2.58. The summed E-state index contributed by atoms with van der Waals surface area (Å²) < 4.78 is 11.4. The Kier molecular flexibility index (Phi) is 3.28. The summed E-state index contributed by atoms with van der Waals surface area (Å²) in [5.74, 6) is 0.0119. The van der Waals surface area contributed by atoms with Crippen LogP contribution in [-0.2, 0) is 9.53 Å². The predicted octanol–water partition coefficient (Wildman–Crippen LogP) is 1.84. The quantitative estimate of drug-likeness (QED) is 0.664. The van der Waals surface area contributed by atoms with Gasteiger partial charge in [-0.2, -0.15) is 0 Å². The average Bonchev–Trinajstić information content (AvgIpc) is 2.45. The number of fused-ring (bicyclic) bond motifs is 4. The lowest BCUT2D eigenvalue weighted by atomic mass is 9.80. The molecule has 2 bridgehead atoms. The molecule has 0 amide bonds. The van der Waals surface area contributed by atoms with Crippen molar-refractivity contribution in [3.8, 4) is 5.75 Å². The summed E-state index contributed by atoms with van der Waals surface area (Å²) in [5, 5.41) is 3.81. The second-order valence-corrected chi connectivity index (χ2v) is 5.80. The number of ether oxygens (including phenoxy) is 2. The third-order valence-corrected chi connectivity index (χ3v) is 4.66. The highest BCUT2D eigenvalue weighted by molar-refractivity contribution is 7.80. The molecule has 3 rings (SSSR count). The van der Waals surface area contributed by atoms with Crippen LogP contribution in [0.5, 0.6) is 5.75 Å². The van der Waals surface area contributed by atoms with E-state index in [1.165, 1.54) is 0 Å². The first-order valence-corrected chi connectivity index (χ1v) is 7.38. The molecule has 0 saturated carbocycles. The number of rotatable bonds is 2. The van der Waals surface area contributed by atoms with E-state index < -0.39 is 11.6 Å². The number of carbonyl (C=O) groups excluding carboxylic acids is 1. The average molecular weight is 306 g/mol. The van der Waals surface area contributed by atoms with Crippen molar-refractivity contribution in [1.29, 1.82) is 0 Å². The minimum absolute atomic E-state index is 0.234. The molecule has 1 aromatic rings. The maximum Gasteiger partial charge on any atom is 0.317 e. The molecule has 112 valence electrons. The van der Waals surface area contributed by atoms with E-state index in [1.54, 1.807) is 11.8 Å². The molecule has 0 spiro atoms. The summed E-state index contributed by atoms with van der Waals surface area (Å²) in [4.78, 5) is 14.3. The second kappa shape index (κ2) is 4.87. The normalized spacial score (nSPS) is 30.0. The summed E-state index contributed by atoms with van der Waals surface area (Å²) in [6.07, 6.45) is 0. The minimum Gasteiger partial charge on any atom is -0.467 e. The lowest BCUT2D eigenvalue weighted by Crippen LogP contribution is -2.70. The van der Waals surface area contributed by atoms with Gasteiger partial charge >= 0.3 is 5.97 Å². The van der Waals surface area contributed by atoms with E-state index in [2.05, 4.69) is 5.32 Å². The number of esters is 1. The van der Waals surface area contributed by atoms with Crippen LogP contribution in [0.3, 0.4) is 0 Å². The highest BCUT2D eigenvalue weighted by Crippen LogP contribution is 2.47. The summed E-state index contributed by atoms with van der Waals surface area (Å²) in [6.45, 7) is 4.02. The van der Waals surface area contributed by atoms with Crippen molar-refractivity contribution in [2.75, 3.05) is 13.7 Å². The molecule has 1 saturated heterocycles. The summed E-state index contributed by atoms with van der Waals surface area (Å²) >= 11 is 5.37. The van der Waals surface area contributed by atoms with Crippen molar-refractivity contribution in [3.05, 3.63) is 29.8 Å². The van der Waals surface area contributed by atoms with Crippen LogP contribution in [0.25, 0.3) is 0 Å². The smallest absolute Gasteiger partial charge is 0.317 e. The Hall–Kier alpha value is -1.82. The molecule has 3 unspecified atom stereocenters. The van der Waals surface area contributed by atoms with Crippen LogP contribution < -0.4 is 10.1 Å². The van der Waals surface area contributed by atoms with E-state index in [0.29, 0.717) is 11.7 Å². The Morgan fingerprint density at radius 2 is 2.24 bits per heavy atom. The van der Waals surface area contributed by atoms with Crippen LogP contribution in [0.1, 0.15) is 25.5 Å². The van der Waals surface area contributed by atoms with Gasteiger partial charge in [0.25, 0.3) is 0 Å². The predicted molar refractivity (Wildman–Crippen MR) is 81.8 cm³/mol. The number of nitrogens with zero attached hydrogens (tertiary/aromatic N) is 1. The van der Waals surface area contributed by atoms with Crippen molar-refractivity contribution >= 4 is 23.3 Å². The minimum atomic E-state index is -0.854. The lowest BCUT2D eigenvalue weighted by molar-refractivity contribution is -0.173. The van der Waals surface area contributed by atoms with Crippen LogP contribution in [0.2, 0.25) is 0 Å². The molecular formula is C15H18N2O3S. The highest BCUT2D eigenvalue weighted by atomic mass is 32.1. The van der Waals surface area contributed by atoms with Gasteiger partial charge in [-0.1, -0.05) is 18.2 Å². The Morgan fingerprint density at radius 1 is 1.52 bits per heavy atom. The SMILES string of the molecule is CCOC(=O)C1C2NC(=S)N(C)C1(C)Oc1ccccc12. The number of hydrogen-bond acceptors (Lipinski definition) is 4. The number of para-hydroxylation sites is 1. The molecule has 1 N–H and O–H groups in total. The summed E-state index contributed by atoms with van der Waals surface area (Å²) in [7, 11) is 1.83. The Labute approximate surface area is 129 Å². The Bertz CT molecular complexity index is 606. The Balaban J connectivity index is 2.13. The zero-order valence-electron chi connectivity index (χ0n) is 12.3. The number of thiocarbonyl (C=S) groups is 1. The molecule has 2 aliphatic heterocycles. The van der Waals surface area contributed by atoms with E-state index in [-0.39, 0.29) is 12.0 Å². The Morgan fingerprint density at radius 3 is 2.95 bits per heavy atom. The number of carbonyl (C=O) groups is 1. The van der Waals surface area contributed by atoms with E-state index in [4.69, 9.17) is 21.7 Å². The van der Waals surface area contributed by atoms with E-state index in [0.717, 1.165) is 11.3 Å². The summed E-state index contributed by atoms with van der Waals surface area (Å²) in [5.41, 5.74) is 0.0802. The molecule has 0 aliphatic carbocycles. The zero-order chi connectivity index (χ0) is 15.2. The van der Waals surface area contributed by atoms with Gasteiger partial charge < -0.3 is 19.7 Å². The fourth-order valence-electron chi connectivity index (χ4n) is 3.06. The lowest BCUT2D eigenvalue weighted by Gasteiger charge is -2.54. The molecular weight excluding hydrogens is 288 g/mol. The van der Waals surface area contributed by atoms with Crippen LogP contribution in [-0.4, -0.2) is 35.4 Å². The van der Waals surface area contributed by atoms with E-state index >= 15 is 0 Å². The van der Waals surface area contributed by atoms with Gasteiger partial charge in [0.2, 0.25) is 0 Å². The molecule has 3 atom stereocenters. The van der Waals surface area contributed by atoms with Gasteiger partial charge in [-0.25, -0.2) is 0 Å². The van der Waals surface area contributed by atoms with Gasteiger partial charge in [0.1, 0.15) is 11.7 Å². The van der Waals surface area contributed by atoms with Crippen LogP contribution in [0.4, 0.5) is 0 Å². The first-order chi connectivity index (χ1) is 9.99. The molecule has 6 heteroatoms. The number of nitrogens with one attached hydrogen (secondary N) is 1. The van der Waals surface area contributed by atoms with Gasteiger partial charge in [-0.05, 0) is 32.1 Å². The molecule has 1 fully saturated rings. The molecule has 21 heavy (non-hydrogen) atoms. The monoisotopic (exact) mass is 306 g/mol. The van der Waals surface area contributed by atoms with Crippen LogP contribution in [0.15, 0.2) is 24.3 Å². The van der Waals surface area contributed by atoms with Gasteiger partial charge in [-0.15, -0.1) is 0 Å². The maximum atomic E-state index is 12.5. The molecule has 5 nitrogen and oxygen atoms in total. The van der Waals surface area contributed by atoms with Crippen molar-refractivity contribution in [3.63, 3.8) is 0 Å². The molecule has 1 aromatic carbocycles. The topological polar surface area (TPSA) is 50.8 Å². The van der Waals surface area contributed by atoms with E-state index in [9.17, 15) is 4.79 Å². The zero-order valence-corrected chi connectivity index (χ0v) is 13.1. The molecule has 2 aliphatic rings. The summed E-state index contributed by atoms with van der Waals surface area (Å²) in [6, 6.07) is 7.47. The van der Waals surface area contributed by atoms with Gasteiger partial charge in [0.15, 0.2) is 10.8 Å². The van der Waals surface area contributed by atoms with E-state index in [1.807, 2.05) is 38.2 Å². The first-order valence-electron chi connectivity index (χ1n) is 6.98. The fraction of sp³-hybridized carbons (Fsp3) is 0.467.